The Hall–Kier alpha value is -3.18. The third-order valence-electron chi connectivity index (χ3n) is 5.69. The number of nitrogens with zero attached hydrogens (tertiary/aromatic N) is 5. The first-order valence-electron chi connectivity index (χ1n) is 10.6. The predicted octanol–water partition coefficient (Wildman–Crippen LogP) is 2.01. The van der Waals surface area contributed by atoms with Crippen LogP contribution in [-0.2, 0) is 11.3 Å². The molecule has 0 atom stereocenters. The highest BCUT2D eigenvalue weighted by atomic mass is 32.2. The molecule has 0 aliphatic carbocycles. The second kappa shape index (κ2) is 10.2. The van der Waals surface area contributed by atoms with Crippen molar-refractivity contribution in [2.75, 3.05) is 52.0 Å². The van der Waals surface area contributed by atoms with E-state index < -0.39 is 0 Å². The lowest BCUT2D eigenvalue weighted by Crippen LogP contribution is -2.48. The highest BCUT2D eigenvalue weighted by Crippen LogP contribution is 2.31. The van der Waals surface area contributed by atoms with Crippen molar-refractivity contribution >= 4 is 17.7 Å². The molecule has 1 fully saturated rings. The monoisotopic (exact) mass is 472 g/mol. The fourth-order valence-corrected chi connectivity index (χ4v) is 4.52. The Labute approximate surface area is 196 Å². The molecule has 0 spiro atoms. The number of methoxy groups -OCH3 is 2. The summed E-state index contributed by atoms with van der Waals surface area (Å²) in [5, 5.41) is 8.60. The molecular formula is C22H28N6O4S. The number of furan rings is 1. The van der Waals surface area contributed by atoms with Gasteiger partial charge in [-0.05, 0) is 42.3 Å². The van der Waals surface area contributed by atoms with Gasteiger partial charge in [-0.15, -0.1) is 10.2 Å². The molecule has 33 heavy (non-hydrogen) atoms. The summed E-state index contributed by atoms with van der Waals surface area (Å²) in [6.45, 7) is 5.84. The van der Waals surface area contributed by atoms with Gasteiger partial charge in [-0.25, -0.2) is 4.68 Å². The van der Waals surface area contributed by atoms with Gasteiger partial charge in [0.05, 0.1) is 26.2 Å². The number of hydrogen-bond donors (Lipinski definition) is 1. The summed E-state index contributed by atoms with van der Waals surface area (Å²) in [5.74, 6) is 8.79. The topological polar surface area (TPSA) is 112 Å². The number of rotatable bonds is 8. The third-order valence-corrected chi connectivity index (χ3v) is 6.62. The van der Waals surface area contributed by atoms with Crippen molar-refractivity contribution in [3.05, 3.63) is 41.7 Å². The van der Waals surface area contributed by atoms with Crippen LogP contribution in [0.2, 0.25) is 0 Å². The van der Waals surface area contributed by atoms with E-state index >= 15 is 0 Å². The average Bonchev–Trinajstić information content (AvgIpc) is 3.48. The summed E-state index contributed by atoms with van der Waals surface area (Å²) in [4.78, 5) is 17.0. The van der Waals surface area contributed by atoms with Gasteiger partial charge in [0.1, 0.15) is 0 Å². The van der Waals surface area contributed by atoms with Crippen LogP contribution >= 0.6 is 11.8 Å². The summed E-state index contributed by atoms with van der Waals surface area (Å²) in [6, 6.07) is 7.55. The standard InChI is InChI=1S/C22H28N6O4S/c1-15-11-18(30-2)19(31-3)12-16(15)13-26-6-8-27(9-7-26)20(29)14-33-22-25-24-21(28(22)23)17-5-4-10-32-17/h4-5,10-12H,6-9,13-14,23H2,1-3H3. The van der Waals surface area contributed by atoms with Gasteiger partial charge in [0.15, 0.2) is 17.3 Å². The molecule has 176 valence electrons. The van der Waals surface area contributed by atoms with Crippen molar-refractivity contribution in [2.24, 2.45) is 0 Å². The summed E-state index contributed by atoms with van der Waals surface area (Å²) >= 11 is 1.27. The number of thioether (sulfide) groups is 1. The number of benzene rings is 1. The molecule has 1 saturated heterocycles. The second-order valence-electron chi connectivity index (χ2n) is 7.73. The number of ether oxygens (including phenoxy) is 2. The molecule has 11 heteroatoms. The van der Waals surface area contributed by atoms with Gasteiger partial charge in [0, 0.05) is 32.7 Å². The van der Waals surface area contributed by atoms with Gasteiger partial charge >= 0.3 is 0 Å². The van der Waals surface area contributed by atoms with Gasteiger partial charge in [-0.3, -0.25) is 9.69 Å². The van der Waals surface area contributed by atoms with Crippen LogP contribution in [-0.4, -0.2) is 76.7 Å². The van der Waals surface area contributed by atoms with Crippen molar-refractivity contribution in [3.63, 3.8) is 0 Å². The minimum absolute atomic E-state index is 0.0597. The summed E-state index contributed by atoms with van der Waals surface area (Å²) < 4.78 is 17.5. The summed E-state index contributed by atoms with van der Waals surface area (Å²) in [7, 11) is 3.28. The van der Waals surface area contributed by atoms with Gasteiger partial charge in [0.2, 0.25) is 16.9 Å². The zero-order chi connectivity index (χ0) is 23.4. The van der Waals surface area contributed by atoms with E-state index in [0.717, 1.165) is 36.7 Å². The first kappa shape index (κ1) is 23.0. The Morgan fingerprint density at radius 1 is 1.15 bits per heavy atom. The summed E-state index contributed by atoms with van der Waals surface area (Å²) in [6.07, 6.45) is 1.55. The number of carbonyl (C=O) groups excluding carboxylic acids is 1. The van der Waals surface area contributed by atoms with Crippen molar-refractivity contribution in [3.8, 4) is 23.1 Å². The molecule has 1 aliphatic heterocycles. The van der Waals surface area contributed by atoms with E-state index in [1.165, 1.54) is 22.0 Å². The van der Waals surface area contributed by atoms with Gasteiger partial charge in [-0.2, -0.15) is 0 Å². The lowest BCUT2D eigenvalue weighted by molar-refractivity contribution is -0.130. The average molecular weight is 473 g/mol. The SMILES string of the molecule is COc1cc(C)c(CN2CCN(C(=O)CSc3nnc(-c4ccco4)n3N)CC2)cc1OC. The number of amides is 1. The molecule has 10 nitrogen and oxygen atoms in total. The first-order valence-corrected chi connectivity index (χ1v) is 11.6. The number of carbonyl (C=O) groups is 1. The van der Waals surface area contributed by atoms with Crippen LogP contribution in [0.4, 0.5) is 0 Å². The van der Waals surface area contributed by atoms with Crippen molar-refractivity contribution in [1.82, 2.24) is 24.7 Å². The predicted molar refractivity (Wildman–Crippen MR) is 125 cm³/mol. The minimum atomic E-state index is 0.0597. The van der Waals surface area contributed by atoms with Crippen LogP contribution < -0.4 is 15.3 Å². The van der Waals surface area contributed by atoms with Crippen LogP contribution in [0.1, 0.15) is 11.1 Å². The normalized spacial score (nSPS) is 14.5. The molecule has 3 aromatic rings. The Morgan fingerprint density at radius 3 is 2.55 bits per heavy atom. The fraction of sp³-hybridized carbons (Fsp3) is 0.409. The number of aromatic nitrogens is 3. The van der Waals surface area contributed by atoms with Gasteiger partial charge < -0.3 is 24.6 Å². The maximum Gasteiger partial charge on any atom is 0.233 e. The molecule has 3 heterocycles. The van der Waals surface area contributed by atoms with Crippen LogP contribution in [0.25, 0.3) is 11.6 Å². The Morgan fingerprint density at radius 2 is 1.88 bits per heavy atom. The molecule has 4 rings (SSSR count). The van der Waals surface area contributed by atoms with E-state index in [9.17, 15) is 4.79 Å². The molecule has 0 saturated carbocycles. The molecule has 1 aromatic carbocycles. The molecular weight excluding hydrogens is 444 g/mol. The number of nitrogens with two attached hydrogens (primary N) is 1. The number of piperazine rings is 1. The van der Waals surface area contributed by atoms with Crippen LogP contribution in [0.3, 0.4) is 0 Å². The Kier molecular flexibility index (Phi) is 7.09. The fourth-order valence-electron chi connectivity index (χ4n) is 3.76. The number of hydrogen-bond acceptors (Lipinski definition) is 9. The van der Waals surface area contributed by atoms with Crippen LogP contribution in [0.15, 0.2) is 40.1 Å². The smallest absolute Gasteiger partial charge is 0.233 e. The summed E-state index contributed by atoms with van der Waals surface area (Å²) in [5.41, 5.74) is 2.35. The molecule has 2 N–H and O–H groups in total. The molecule has 0 radical (unpaired) electrons. The van der Waals surface area contributed by atoms with E-state index in [-0.39, 0.29) is 11.7 Å². The zero-order valence-corrected chi connectivity index (χ0v) is 19.8. The molecule has 1 aliphatic rings. The van der Waals surface area contributed by atoms with Crippen LogP contribution in [0, 0.1) is 6.92 Å². The van der Waals surface area contributed by atoms with Crippen molar-refractivity contribution in [2.45, 2.75) is 18.6 Å². The third kappa shape index (κ3) is 5.09. The lowest BCUT2D eigenvalue weighted by atomic mass is 10.1. The van der Waals surface area contributed by atoms with Crippen molar-refractivity contribution in [1.29, 1.82) is 0 Å². The molecule has 2 aromatic heterocycles. The van der Waals surface area contributed by atoms with E-state index in [0.29, 0.717) is 29.8 Å². The second-order valence-corrected chi connectivity index (χ2v) is 8.68. The Balaban J connectivity index is 1.28. The highest BCUT2D eigenvalue weighted by molar-refractivity contribution is 7.99. The quantitative estimate of drug-likeness (QED) is 0.389. The number of nitrogen functional groups attached to an aromatic ring is 1. The van der Waals surface area contributed by atoms with Crippen LogP contribution in [0.5, 0.6) is 11.5 Å². The molecule has 0 bridgehead atoms. The maximum absolute atomic E-state index is 12.7. The van der Waals surface area contributed by atoms with E-state index in [4.69, 9.17) is 19.7 Å². The largest absolute Gasteiger partial charge is 0.493 e. The zero-order valence-electron chi connectivity index (χ0n) is 19.0. The van der Waals surface area contributed by atoms with Gasteiger partial charge in [-0.1, -0.05) is 11.8 Å². The van der Waals surface area contributed by atoms with Gasteiger partial charge in [0.25, 0.3) is 0 Å². The minimum Gasteiger partial charge on any atom is -0.493 e. The molecule has 1 amide bonds. The molecule has 0 unspecified atom stereocenters. The Bertz CT molecular complexity index is 1090. The number of aryl methyl sites for hydroxylation is 1. The maximum atomic E-state index is 12.7. The van der Waals surface area contributed by atoms with E-state index in [2.05, 4.69) is 22.0 Å². The van der Waals surface area contributed by atoms with E-state index in [1.807, 2.05) is 17.0 Å². The first-order chi connectivity index (χ1) is 16.0. The lowest BCUT2D eigenvalue weighted by Gasteiger charge is -2.35. The van der Waals surface area contributed by atoms with Crippen molar-refractivity contribution < 1.29 is 18.7 Å². The highest BCUT2D eigenvalue weighted by Gasteiger charge is 2.23. The van der Waals surface area contributed by atoms with E-state index in [1.54, 1.807) is 32.6 Å².